The van der Waals surface area contributed by atoms with Crippen molar-refractivity contribution >= 4 is 6.72 Å². The third-order valence-electron chi connectivity index (χ3n) is 1.86. The smallest absolute Gasteiger partial charge is 0.0859 e. The highest BCUT2D eigenvalue weighted by molar-refractivity contribution is 5.30. The predicted octanol–water partition coefficient (Wildman–Crippen LogP) is 1.25. The van der Waals surface area contributed by atoms with Crippen molar-refractivity contribution < 1.29 is 4.74 Å². The maximum absolute atomic E-state index is 5.33. The van der Waals surface area contributed by atoms with Gasteiger partial charge < -0.3 is 4.74 Å². The monoisotopic (exact) mass is 127 g/mol. The second-order valence-electron chi connectivity index (χ2n) is 2.66. The molecule has 9 heavy (non-hydrogen) atoms. The van der Waals surface area contributed by atoms with E-state index in [0.29, 0.717) is 6.10 Å². The van der Waals surface area contributed by atoms with Crippen molar-refractivity contribution in [1.82, 2.24) is 0 Å². The van der Waals surface area contributed by atoms with Gasteiger partial charge in [0.1, 0.15) is 0 Å². The van der Waals surface area contributed by atoms with E-state index in [1.165, 1.54) is 0 Å². The fourth-order valence-corrected chi connectivity index (χ4v) is 0.922. The second kappa shape index (κ2) is 2.10. The maximum Gasteiger partial charge on any atom is 0.0859 e. The van der Waals surface area contributed by atoms with Crippen molar-refractivity contribution in [3.63, 3.8) is 0 Å². The molecule has 0 aromatic heterocycles. The van der Waals surface area contributed by atoms with E-state index >= 15 is 0 Å². The highest BCUT2D eigenvalue weighted by atomic mass is 16.5. The summed E-state index contributed by atoms with van der Waals surface area (Å²) in [5.74, 6) is 0. The van der Waals surface area contributed by atoms with Crippen LogP contribution in [0.3, 0.4) is 0 Å². The second-order valence-corrected chi connectivity index (χ2v) is 2.66. The average molecular weight is 127 g/mol. The zero-order valence-corrected chi connectivity index (χ0v) is 6.05. The Hall–Kier alpha value is -0.370. The molecule has 0 bridgehead atoms. The van der Waals surface area contributed by atoms with Gasteiger partial charge in [-0.2, -0.15) is 0 Å². The first kappa shape index (κ1) is 6.75. The van der Waals surface area contributed by atoms with E-state index in [0.717, 1.165) is 13.0 Å². The lowest BCUT2D eigenvalue weighted by molar-refractivity contribution is 0.119. The molecule has 0 spiro atoms. The van der Waals surface area contributed by atoms with Crippen molar-refractivity contribution in [2.75, 3.05) is 6.61 Å². The molecule has 0 aromatic carbocycles. The van der Waals surface area contributed by atoms with Crippen LogP contribution in [0.2, 0.25) is 0 Å². The lowest BCUT2D eigenvalue weighted by atomic mass is 10.3. The Morgan fingerprint density at radius 3 is 2.89 bits per heavy atom. The fraction of sp³-hybridized carbons (Fsp3) is 0.857. The Labute approximate surface area is 55.9 Å². The molecule has 1 fully saturated rings. The van der Waals surface area contributed by atoms with Gasteiger partial charge in [0.15, 0.2) is 0 Å². The zero-order valence-electron chi connectivity index (χ0n) is 6.05. The molecule has 0 aliphatic heterocycles. The summed E-state index contributed by atoms with van der Waals surface area (Å²) >= 11 is 0. The van der Waals surface area contributed by atoms with E-state index in [9.17, 15) is 0 Å². The molecule has 52 valence electrons. The van der Waals surface area contributed by atoms with E-state index in [2.05, 4.69) is 18.6 Å². The highest BCUT2D eigenvalue weighted by Gasteiger charge is 2.50. The van der Waals surface area contributed by atoms with Gasteiger partial charge in [-0.15, -0.1) is 0 Å². The average Bonchev–Trinajstić information content (AvgIpc) is 2.46. The summed E-state index contributed by atoms with van der Waals surface area (Å²) in [6.45, 7) is 8.36. The van der Waals surface area contributed by atoms with Crippen LogP contribution in [-0.2, 0) is 4.74 Å². The minimum Gasteiger partial charge on any atom is -0.376 e. The van der Waals surface area contributed by atoms with Gasteiger partial charge in [-0.3, -0.25) is 4.99 Å². The molecule has 0 aromatic rings. The molecule has 0 unspecified atom stereocenters. The van der Waals surface area contributed by atoms with Crippen molar-refractivity contribution in [3.05, 3.63) is 0 Å². The fourth-order valence-electron chi connectivity index (χ4n) is 0.922. The minimum atomic E-state index is 0.0516. The molecule has 0 N–H and O–H groups in total. The first-order valence-corrected chi connectivity index (χ1v) is 3.32. The van der Waals surface area contributed by atoms with E-state index in [4.69, 9.17) is 4.74 Å². The Morgan fingerprint density at radius 2 is 2.56 bits per heavy atom. The van der Waals surface area contributed by atoms with Crippen LogP contribution in [0.15, 0.2) is 4.99 Å². The van der Waals surface area contributed by atoms with Crippen LogP contribution in [-0.4, -0.2) is 25.0 Å². The van der Waals surface area contributed by atoms with Crippen molar-refractivity contribution in [2.45, 2.75) is 31.9 Å². The van der Waals surface area contributed by atoms with Gasteiger partial charge in [-0.1, -0.05) is 0 Å². The molecule has 2 atom stereocenters. The van der Waals surface area contributed by atoms with Crippen LogP contribution in [0.4, 0.5) is 0 Å². The van der Waals surface area contributed by atoms with Crippen molar-refractivity contribution in [3.8, 4) is 0 Å². The summed E-state index contributed by atoms with van der Waals surface area (Å²) in [5, 5.41) is 0. The van der Waals surface area contributed by atoms with Gasteiger partial charge in [0.05, 0.1) is 11.6 Å². The standard InChI is InChI=1S/C7H13NO/c1-4-9-6-5-7(6,2)8-3/h6H,3-5H2,1-2H3/t6-,7-/m1/s1. The SMILES string of the molecule is C=N[C@]1(C)C[C@H]1OCC. The molecular weight excluding hydrogens is 114 g/mol. The number of rotatable bonds is 3. The van der Waals surface area contributed by atoms with Crippen LogP contribution in [0.1, 0.15) is 20.3 Å². The number of ether oxygens (including phenoxy) is 1. The number of hydrogen-bond donors (Lipinski definition) is 0. The topological polar surface area (TPSA) is 21.6 Å². The molecule has 0 amide bonds. The van der Waals surface area contributed by atoms with E-state index in [-0.39, 0.29) is 5.54 Å². The Balaban J connectivity index is 2.29. The third-order valence-corrected chi connectivity index (χ3v) is 1.86. The van der Waals surface area contributed by atoms with Crippen molar-refractivity contribution in [1.29, 1.82) is 0 Å². The van der Waals surface area contributed by atoms with Crippen LogP contribution in [0, 0.1) is 0 Å². The van der Waals surface area contributed by atoms with Gasteiger partial charge in [-0.05, 0) is 20.6 Å². The lowest BCUT2D eigenvalue weighted by Gasteiger charge is -2.02. The van der Waals surface area contributed by atoms with E-state index in [1.807, 2.05) is 6.92 Å². The molecule has 2 heteroatoms. The van der Waals surface area contributed by atoms with Crippen LogP contribution in [0.5, 0.6) is 0 Å². The van der Waals surface area contributed by atoms with Gasteiger partial charge >= 0.3 is 0 Å². The largest absolute Gasteiger partial charge is 0.376 e. The van der Waals surface area contributed by atoms with E-state index < -0.39 is 0 Å². The summed E-state index contributed by atoms with van der Waals surface area (Å²) in [6.07, 6.45) is 1.39. The van der Waals surface area contributed by atoms with Gasteiger partial charge in [0.2, 0.25) is 0 Å². The van der Waals surface area contributed by atoms with Crippen LogP contribution < -0.4 is 0 Å². The quantitative estimate of drug-likeness (QED) is 0.523. The summed E-state index contributed by atoms with van der Waals surface area (Å²) in [7, 11) is 0. The van der Waals surface area contributed by atoms with Crippen LogP contribution in [0.25, 0.3) is 0 Å². The summed E-state index contributed by atoms with van der Waals surface area (Å²) in [4.78, 5) is 3.96. The summed E-state index contributed by atoms with van der Waals surface area (Å²) in [6, 6.07) is 0. The normalized spacial score (nSPS) is 40.4. The summed E-state index contributed by atoms with van der Waals surface area (Å²) < 4.78 is 5.33. The Morgan fingerprint density at radius 1 is 1.89 bits per heavy atom. The molecule has 1 rings (SSSR count). The maximum atomic E-state index is 5.33. The molecule has 1 saturated carbocycles. The number of aliphatic imine (C=N–C) groups is 1. The van der Waals surface area contributed by atoms with Crippen LogP contribution >= 0.6 is 0 Å². The van der Waals surface area contributed by atoms with Gasteiger partial charge in [0, 0.05) is 13.0 Å². The molecule has 1 aliphatic carbocycles. The molecule has 2 nitrogen and oxygen atoms in total. The van der Waals surface area contributed by atoms with Crippen molar-refractivity contribution in [2.24, 2.45) is 4.99 Å². The zero-order chi connectivity index (χ0) is 6.91. The highest BCUT2D eigenvalue weighted by Crippen LogP contribution is 2.41. The molecule has 0 radical (unpaired) electrons. The number of nitrogens with zero attached hydrogens (tertiary/aromatic N) is 1. The van der Waals surface area contributed by atoms with E-state index in [1.54, 1.807) is 0 Å². The third kappa shape index (κ3) is 1.13. The summed E-state index contributed by atoms with van der Waals surface area (Å²) in [5.41, 5.74) is 0.0516. The molecule has 0 heterocycles. The minimum absolute atomic E-state index is 0.0516. The molecule has 1 aliphatic rings. The Bertz CT molecular complexity index is 124. The van der Waals surface area contributed by atoms with Gasteiger partial charge in [0.25, 0.3) is 0 Å². The Kier molecular flexibility index (Phi) is 1.58. The van der Waals surface area contributed by atoms with Gasteiger partial charge in [-0.25, -0.2) is 0 Å². The number of hydrogen-bond acceptors (Lipinski definition) is 2. The first-order chi connectivity index (χ1) is 4.23. The lowest BCUT2D eigenvalue weighted by Crippen LogP contribution is -2.07. The molecular formula is C7H13NO. The predicted molar refractivity (Wildman–Crippen MR) is 38.0 cm³/mol. The first-order valence-electron chi connectivity index (χ1n) is 3.32. The molecule has 0 saturated heterocycles.